The number of carboxylic acid groups (broad SMARTS) is 1. The summed E-state index contributed by atoms with van der Waals surface area (Å²) in [7, 11) is 0. The van der Waals surface area contributed by atoms with Crippen LogP contribution in [0.3, 0.4) is 0 Å². The fourth-order valence-electron chi connectivity index (χ4n) is 0.897. The maximum atomic E-state index is 11.8. The number of rotatable bonds is 2. The molecule has 82 valence electrons. The lowest BCUT2D eigenvalue weighted by molar-refractivity contribution is -0.274. The number of aromatic hydroxyl groups is 1. The normalized spacial score (nSPS) is 11.1. The van der Waals surface area contributed by atoms with Crippen LogP contribution in [0, 0.1) is 0 Å². The van der Waals surface area contributed by atoms with Crippen molar-refractivity contribution in [3.63, 3.8) is 0 Å². The van der Waals surface area contributed by atoms with Gasteiger partial charge in [0.2, 0.25) is 0 Å². The number of hydrogen-bond acceptors (Lipinski definition) is 3. The molecule has 1 rings (SSSR count). The van der Waals surface area contributed by atoms with E-state index in [2.05, 4.69) is 4.74 Å². The van der Waals surface area contributed by atoms with Gasteiger partial charge in [-0.25, -0.2) is 4.79 Å². The zero-order chi connectivity index (χ0) is 11.6. The summed E-state index contributed by atoms with van der Waals surface area (Å²) in [5.41, 5.74) is -0.676. The van der Waals surface area contributed by atoms with E-state index in [-0.39, 0.29) is 0 Å². The third-order valence-electron chi connectivity index (χ3n) is 1.42. The van der Waals surface area contributed by atoms with E-state index in [0.29, 0.717) is 6.07 Å². The van der Waals surface area contributed by atoms with E-state index in [9.17, 15) is 18.0 Å². The Bertz CT molecular complexity index is 386. The van der Waals surface area contributed by atoms with Crippen LogP contribution in [0.5, 0.6) is 11.5 Å². The second-order valence-corrected chi connectivity index (χ2v) is 2.53. The number of ether oxygens (including phenoxy) is 1. The highest BCUT2D eigenvalue weighted by Gasteiger charge is 2.33. The Morgan fingerprint density at radius 1 is 1.33 bits per heavy atom. The summed E-state index contributed by atoms with van der Waals surface area (Å²) in [6, 6.07) is 2.35. The summed E-state index contributed by atoms with van der Waals surface area (Å²) in [5, 5.41) is 17.4. The van der Waals surface area contributed by atoms with Gasteiger partial charge < -0.3 is 14.9 Å². The van der Waals surface area contributed by atoms with Crippen LogP contribution >= 0.6 is 0 Å². The molecule has 1 aromatic rings. The average Bonchev–Trinajstić information content (AvgIpc) is 1.99. The molecule has 0 aliphatic carbocycles. The number of alkyl halides is 3. The van der Waals surface area contributed by atoms with E-state index in [4.69, 9.17) is 10.2 Å². The standard InChI is InChI=1S/C8H5F3O4/c9-8(10,11)15-6-3-4(12)1-2-5(6)7(13)14/h1-3,12H,(H,13,14). The molecule has 0 heterocycles. The molecule has 4 nitrogen and oxygen atoms in total. The topological polar surface area (TPSA) is 66.8 Å². The molecule has 0 amide bonds. The van der Waals surface area contributed by atoms with Gasteiger partial charge in [0.25, 0.3) is 0 Å². The fourth-order valence-corrected chi connectivity index (χ4v) is 0.897. The minimum absolute atomic E-state index is 0.515. The largest absolute Gasteiger partial charge is 0.573 e. The predicted molar refractivity (Wildman–Crippen MR) is 41.7 cm³/mol. The molecule has 0 fully saturated rings. The van der Waals surface area contributed by atoms with E-state index in [1.54, 1.807) is 0 Å². The van der Waals surface area contributed by atoms with Crippen LogP contribution < -0.4 is 4.74 Å². The van der Waals surface area contributed by atoms with Gasteiger partial charge in [-0.15, -0.1) is 13.2 Å². The lowest BCUT2D eigenvalue weighted by atomic mass is 10.2. The summed E-state index contributed by atoms with van der Waals surface area (Å²) in [4.78, 5) is 10.5. The van der Waals surface area contributed by atoms with Crippen molar-refractivity contribution in [1.82, 2.24) is 0 Å². The zero-order valence-corrected chi connectivity index (χ0v) is 7.08. The number of phenols is 1. The summed E-state index contributed by atoms with van der Waals surface area (Å²) < 4.78 is 38.9. The number of halogens is 3. The van der Waals surface area contributed by atoms with Crippen LogP contribution in [0.4, 0.5) is 13.2 Å². The highest BCUT2D eigenvalue weighted by Crippen LogP contribution is 2.29. The lowest BCUT2D eigenvalue weighted by Gasteiger charge is -2.11. The molecule has 15 heavy (non-hydrogen) atoms. The molecule has 0 unspecified atom stereocenters. The minimum atomic E-state index is -5.00. The molecule has 1 aromatic carbocycles. The first-order chi connectivity index (χ1) is 6.79. The highest BCUT2D eigenvalue weighted by molar-refractivity contribution is 5.91. The van der Waals surface area contributed by atoms with E-state index in [1.807, 2.05) is 0 Å². The lowest BCUT2D eigenvalue weighted by Crippen LogP contribution is -2.19. The summed E-state index contributed by atoms with van der Waals surface area (Å²) in [6.07, 6.45) is -5.00. The molecule has 0 saturated heterocycles. The summed E-state index contributed by atoms with van der Waals surface area (Å²) in [6.45, 7) is 0. The number of carbonyl (C=O) groups is 1. The van der Waals surface area contributed by atoms with Gasteiger partial charge in [-0.3, -0.25) is 0 Å². The molecule has 0 spiro atoms. The first-order valence-electron chi connectivity index (χ1n) is 3.61. The maximum Gasteiger partial charge on any atom is 0.573 e. The Morgan fingerprint density at radius 2 is 1.93 bits per heavy atom. The van der Waals surface area contributed by atoms with Crippen molar-refractivity contribution in [2.24, 2.45) is 0 Å². The van der Waals surface area contributed by atoms with Crippen molar-refractivity contribution in [3.8, 4) is 11.5 Å². The van der Waals surface area contributed by atoms with Crippen molar-refractivity contribution in [2.45, 2.75) is 6.36 Å². The van der Waals surface area contributed by atoms with Crippen LogP contribution in [-0.4, -0.2) is 22.5 Å². The number of hydrogen-bond donors (Lipinski definition) is 2. The van der Waals surface area contributed by atoms with E-state index < -0.39 is 29.4 Å². The number of aromatic carboxylic acids is 1. The van der Waals surface area contributed by atoms with Gasteiger partial charge in [0.15, 0.2) is 0 Å². The van der Waals surface area contributed by atoms with Crippen molar-refractivity contribution >= 4 is 5.97 Å². The first kappa shape index (κ1) is 11.2. The number of carboxylic acids is 1. The van der Waals surface area contributed by atoms with Gasteiger partial charge in [-0.2, -0.15) is 0 Å². The van der Waals surface area contributed by atoms with Gasteiger partial charge in [-0.1, -0.05) is 0 Å². The van der Waals surface area contributed by atoms with Crippen molar-refractivity contribution in [3.05, 3.63) is 23.8 Å². The Morgan fingerprint density at radius 3 is 2.40 bits per heavy atom. The molecule has 0 saturated carbocycles. The number of phenolic OH excluding ortho intramolecular Hbond substituents is 1. The smallest absolute Gasteiger partial charge is 0.508 e. The minimum Gasteiger partial charge on any atom is -0.508 e. The second-order valence-electron chi connectivity index (χ2n) is 2.53. The van der Waals surface area contributed by atoms with Gasteiger partial charge in [0.05, 0.1) is 0 Å². The van der Waals surface area contributed by atoms with Crippen LogP contribution in [0.2, 0.25) is 0 Å². The van der Waals surface area contributed by atoms with Crippen LogP contribution in [0.25, 0.3) is 0 Å². The third kappa shape index (κ3) is 3.04. The molecule has 7 heteroatoms. The Labute approximate surface area is 81.5 Å². The SMILES string of the molecule is O=C(O)c1ccc(O)cc1OC(F)(F)F. The molecule has 0 aliphatic heterocycles. The summed E-state index contributed by atoms with van der Waals surface area (Å²) in [5.74, 6) is -3.04. The van der Waals surface area contributed by atoms with Crippen LogP contribution in [0.1, 0.15) is 10.4 Å². The van der Waals surface area contributed by atoms with Crippen molar-refractivity contribution < 1.29 is 32.9 Å². The van der Waals surface area contributed by atoms with Crippen LogP contribution in [-0.2, 0) is 0 Å². The van der Waals surface area contributed by atoms with Crippen LogP contribution in [0.15, 0.2) is 18.2 Å². The Kier molecular flexibility index (Phi) is 2.74. The highest BCUT2D eigenvalue weighted by atomic mass is 19.4. The quantitative estimate of drug-likeness (QED) is 0.802. The molecule has 0 aliphatic rings. The molecule has 0 atom stereocenters. The zero-order valence-electron chi connectivity index (χ0n) is 7.08. The fraction of sp³-hybridized carbons (Fsp3) is 0.125. The second kappa shape index (κ2) is 3.68. The Hall–Kier alpha value is -1.92. The van der Waals surface area contributed by atoms with E-state index in [0.717, 1.165) is 12.1 Å². The molecule has 2 N–H and O–H groups in total. The molecular weight excluding hydrogens is 217 g/mol. The van der Waals surface area contributed by atoms with Gasteiger partial charge in [0, 0.05) is 6.07 Å². The molecule has 0 radical (unpaired) electrons. The predicted octanol–water partition coefficient (Wildman–Crippen LogP) is 1.99. The monoisotopic (exact) mass is 222 g/mol. The van der Waals surface area contributed by atoms with Gasteiger partial charge in [-0.05, 0) is 12.1 Å². The Balaban J connectivity index is 3.13. The van der Waals surface area contributed by atoms with Gasteiger partial charge in [0.1, 0.15) is 17.1 Å². The van der Waals surface area contributed by atoms with E-state index in [1.165, 1.54) is 0 Å². The van der Waals surface area contributed by atoms with Crippen molar-refractivity contribution in [1.29, 1.82) is 0 Å². The van der Waals surface area contributed by atoms with E-state index >= 15 is 0 Å². The maximum absolute atomic E-state index is 11.8. The average molecular weight is 222 g/mol. The summed E-state index contributed by atoms with van der Waals surface area (Å²) >= 11 is 0. The first-order valence-corrected chi connectivity index (χ1v) is 3.61. The molecule has 0 bridgehead atoms. The van der Waals surface area contributed by atoms with Crippen molar-refractivity contribution in [2.75, 3.05) is 0 Å². The third-order valence-corrected chi connectivity index (χ3v) is 1.42. The molecule has 0 aromatic heterocycles. The number of benzene rings is 1. The molecular formula is C8H5F3O4. The van der Waals surface area contributed by atoms with Gasteiger partial charge >= 0.3 is 12.3 Å².